The van der Waals surface area contributed by atoms with Crippen LogP contribution in [0.5, 0.6) is 0 Å². The quantitative estimate of drug-likeness (QED) is 0.121. The molecule has 0 saturated heterocycles. The summed E-state index contributed by atoms with van der Waals surface area (Å²) in [6.07, 6.45) is 2.05. The van der Waals surface area contributed by atoms with Gasteiger partial charge in [-0.05, 0) is 339 Å². The van der Waals surface area contributed by atoms with Gasteiger partial charge < -0.3 is 19.6 Å². The minimum atomic E-state index is -0.0921. The van der Waals surface area contributed by atoms with Gasteiger partial charge in [-0.25, -0.2) is 0 Å². The summed E-state index contributed by atoms with van der Waals surface area (Å²) < 4.78 is 0. The van der Waals surface area contributed by atoms with Crippen LogP contribution in [-0.2, 0) is 45.3 Å². The fraction of sp³-hybridized carbons (Fsp3) is 0.400. The van der Waals surface area contributed by atoms with E-state index in [9.17, 15) is 0 Å². The van der Waals surface area contributed by atoms with Crippen molar-refractivity contribution in [3.8, 4) is 44.5 Å². The highest BCUT2D eigenvalue weighted by atomic mass is 15.2. The van der Waals surface area contributed by atoms with E-state index in [1.165, 1.54) is 179 Å². The predicted octanol–water partition coefficient (Wildman–Crippen LogP) is 34.3. The molecule has 12 aromatic carbocycles. The van der Waals surface area contributed by atoms with Gasteiger partial charge >= 0.3 is 0 Å². The summed E-state index contributed by atoms with van der Waals surface area (Å²) in [6.45, 7) is 79.1. The number of aryl methyl sites for hydroxylation is 4. The smallest absolute Gasteiger partial charge is 0.0457 e. The number of rotatable bonds is 12. The van der Waals surface area contributed by atoms with Gasteiger partial charge in [0.2, 0.25) is 0 Å². The van der Waals surface area contributed by atoms with Crippen LogP contribution in [0.15, 0.2) is 243 Å². The summed E-state index contributed by atoms with van der Waals surface area (Å²) in [7, 11) is 0. The largest absolute Gasteiger partial charge is 0.336 e. The van der Waals surface area contributed by atoms with Crippen LogP contribution in [0, 0.1) is 13.8 Å². The maximum Gasteiger partial charge on any atom is 0.0457 e. The SMILES string of the molecule is CC(C)(C)c1ccccc1N(c1cc2c(cc1C(C)(C)C)-c1ccccc1C2(C)C)C(C)(C)C.CC(C)c1ccccc1N(c1cc2c(cc1C(C)C)-c1ccccc1C2(C)C)C(C)(C)C.CCc1ccccc1N(c1cc2c(cc1CC)-c1ccccc1C2(C)C)C(C)(C)C.Cc1ccccc1N(c1cc2c(cc1C)-c1ccccc1C2(C)C)C(C)(C)C. The third-order valence-corrected chi connectivity index (χ3v) is 27.3. The Morgan fingerprint density at radius 2 is 0.548 bits per heavy atom. The molecule has 4 aliphatic rings. The summed E-state index contributed by atoms with van der Waals surface area (Å²) in [5.74, 6) is 0.899. The normalized spacial score (nSPS) is 14.7. The molecule has 0 radical (unpaired) electrons. The van der Waals surface area contributed by atoms with E-state index in [1.807, 2.05) is 0 Å². The van der Waals surface area contributed by atoms with E-state index < -0.39 is 0 Å². The molecule has 0 unspecified atom stereocenters. The van der Waals surface area contributed by atoms with Crippen molar-refractivity contribution in [2.45, 2.75) is 315 Å². The molecule has 0 aliphatic heterocycles. The molecule has 0 aromatic heterocycles. The first kappa shape index (κ1) is 91.5. The van der Waals surface area contributed by atoms with Gasteiger partial charge in [0, 0.05) is 89.3 Å². The molecule has 0 bridgehead atoms. The van der Waals surface area contributed by atoms with Gasteiger partial charge in [-0.2, -0.15) is 0 Å². The molecule has 0 amide bonds. The van der Waals surface area contributed by atoms with Crippen molar-refractivity contribution in [1.82, 2.24) is 0 Å². The van der Waals surface area contributed by atoms with E-state index in [0.717, 1.165) is 12.8 Å². The lowest BCUT2D eigenvalue weighted by atomic mass is 9.78. The van der Waals surface area contributed by atoms with Crippen LogP contribution in [0.25, 0.3) is 44.5 Å². The van der Waals surface area contributed by atoms with Gasteiger partial charge in [0.15, 0.2) is 0 Å². The Morgan fingerprint density at radius 1 is 0.234 bits per heavy atom. The first-order valence-electron chi connectivity index (χ1n) is 46.4. The molecule has 16 rings (SSSR count). The Balaban J connectivity index is 0.000000142. The van der Waals surface area contributed by atoms with Crippen LogP contribution < -0.4 is 19.6 Å². The molecule has 12 aromatic rings. The molecule has 648 valence electrons. The highest BCUT2D eigenvalue weighted by molar-refractivity contribution is 5.91. The van der Waals surface area contributed by atoms with Crippen LogP contribution in [-0.4, -0.2) is 22.2 Å². The Morgan fingerprint density at radius 3 is 0.968 bits per heavy atom. The van der Waals surface area contributed by atoms with Crippen molar-refractivity contribution in [3.05, 3.63) is 332 Å². The summed E-state index contributed by atoms with van der Waals surface area (Å²) in [5.41, 5.74) is 44.1. The Bertz CT molecular complexity index is 5950. The maximum atomic E-state index is 2.60. The van der Waals surface area contributed by atoms with Crippen LogP contribution in [0.2, 0.25) is 0 Å². The summed E-state index contributed by atoms with van der Waals surface area (Å²) in [4.78, 5) is 10.3. The number of fused-ring (bicyclic) bond motifs is 12. The average Bonchev–Trinajstić information content (AvgIpc) is 1.55. The van der Waals surface area contributed by atoms with E-state index in [4.69, 9.17) is 0 Å². The van der Waals surface area contributed by atoms with Crippen molar-refractivity contribution in [2.24, 2.45) is 0 Å². The fourth-order valence-corrected chi connectivity index (χ4v) is 21.0. The van der Waals surface area contributed by atoms with Crippen molar-refractivity contribution in [3.63, 3.8) is 0 Å². The van der Waals surface area contributed by atoms with Gasteiger partial charge in [0.25, 0.3) is 0 Å². The zero-order valence-electron chi connectivity index (χ0n) is 82.5. The topological polar surface area (TPSA) is 13.0 Å². The van der Waals surface area contributed by atoms with E-state index in [1.54, 1.807) is 0 Å². The molecule has 0 N–H and O–H groups in total. The summed E-state index contributed by atoms with van der Waals surface area (Å²) in [5, 5.41) is 0. The van der Waals surface area contributed by atoms with Gasteiger partial charge in [-0.3, -0.25) is 0 Å². The molecular formula is C120H148N4. The van der Waals surface area contributed by atoms with Gasteiger partial charge in [0.1, 0.15) is 0 Å². The van der Waals surface area contributed by atoms with E-state index in [0.29, 0.717) is 11.8 Å². The number of nitrogens with zero attached hydrogens (tertiary/aromatic N) is 4. The molecule has 4 aliphatic carbocycles. The Hall–Kier alpha value is -10.2. The molecular weight excluding hydrogens is 1500 g/mol. The molecule has 0 spiro atoms. The Kier molecular flexibility index (Phi) is 24.6. The lowest BCUT2D eigenvalue weighted by Crippen LogP contribution is -2.40. The second-order valence-electron chi connectivity index (χ2n) is 44.8. The highest BCUT2D eigenvalue weighted by Gasteiger charge is 2.44. The van der Waals surface area contributed by atoms with E-state index in [-0.39, 0.29) is 54.6 Å². The average molecular weight is 1650 g/mol. The molecule has 4 nitrogen and oxygen atoms in total. The van der Waals surface area contributed by atoms with Crippen molar-refractivity contribution >= 4 is 45.5 Å². The van der Waals surface area contributed by atoms with Crippen LogP contribution in [0.1, 0.15) is 322 Å². The summed E-state index contributed by atoms with van der Waals surface area (Å²) in [6, 6.07) is 91.0. The maximum absolute atomic E-state index is 2.60. The van der Waals surface area contributed by atoms with Gasteiger partial charge in [-0.15, -0.1) is 0 Å². The first-order valence-corrected chi connectivity index (χ1v) is 46.4. The molecule has 0 fully saturated rings. The fourth-order valence-electron chi connectivity index (χ4n) is 21.0. The standard InChI is InChI=1S/C33H43N.C31H39N.C29H35N.C27H31N/c1-30(2,3)25-18-14-15-19-28(25)34(32(7,8)9)29-21-26-23(20-27(29)31(4,5)6)22-16-12-13-17-24(22)33(26,10)11;1-20(2)22-14-11-13-17-28(22)32(30(5,6)7)29-19-27-25(18-24(29)21(3)4)23-15-10-12-16-26(23)31(27,8)9;1-8-20-14-10-13-17-26(20)30(28(3,4)5)27-19-25-23(18-21(27)9-2)22-15-11-12-16-24(22)29(25,6)7;1-18-12-8-11-15-24(18)28(26(3,4)5)25-17-23-21(16-19(25)2)20-13-9-10-14-22(20)27(23,6)7/h12-21H,1-11H3;10-21H,1-9H3;10-19H,8-9H2,1-7H3;8-17H,1-7H3. The zero-order valence-corrected chi connectivity index (χ0v) is 82.5. The van der Waals surface area contributed by atoms with E-state index >= 15 is 0 Å². The van der Waals surface area contributed by atoms with Crippen molar-refractivity contribution < 1.29 is 0 Å². The third-order valence-electron chi connectivity index (χ3n) is 27.3. The second kappa shape index (κ2) is 33.3. The van der Waals surface area contributed by atoms with Crippen LogP contribution in [0.3, 0.4) is 0 Å². The minimum Gasteiger partial charge on any atom is -0.336 e. The lowest BCUT2D eigenvalue weighted by Gasteiger charge is -2.43. The molecule has 124 heavy (non-hydrogen) atoms. The van der Waals surface area contributed by atoms with E-state index in [2.05, 4.69) is 498 Å². The molecule has 0 saturated carbocycles. The van der Waals surface area contributed by atoms with Crippen LogP contribution >= 0.6 is 0 Å². The molecule has 0 atom stereocenters. The third kappa shape index (κ3) is 16.8. The number of para-hydroxylation sites is 4. The lowest BCUT2D eigenvalue weighted by molar-refractivity contribution is 0.531. The van der Waals surface area contributed by atoms with Crippen LogP contribution in [0.4, 0.5) is 45.5 Å². The first-order chi connectivity index (χ1) is 57.8. The number of hydrogen-bond donors (Lipinski definition) is 0. The number of benzene rings is 12. The monoisotopic (exact) mass is 1650 g/mol. The second-order valence-corrected chi connectivity index (χ2v) is 44.8. The van der Waals surface area contributed by atoms with Crippen molar-refractivity contribution in [1.29, 1.82) is 0 Å². The molecule has 4 heteroatoms. The minimum absolute atomic E-state index is 0.00267. The predicted molar refractivity (Wildman–Crippen MR) is 543 cm³/mol. The highest BCUT2D eigenvalue weighted by Crippen LogP contribution is 2.59. The zero-order chi connectivity index (χ0) is 90.6. The Labute approximate surface area is 751 Å². The number of hydrogen-bond acceptors (Lipinski definition) is 4. The number of anilines is 8. The van der Waals surface area contributed by atoms with Gasteiger partial charge in [-0.1, -0.05) is 308 Å². The molecule has 0 heterocycles. The van der Waals surface area contributed by atoms with Crippen molar-refractivity contribution in [2.75, 3.05) is 19.6 Å². The van der Waals surface area contributed by atoms with Gasteiger partial charge in [0.05, 0.1) is 0 Å². The summed E-state index contributed by atoms with van der Waals surface area (Å²) >= 11 is 0.